The maximum atomic E-state index is 11.6. The zero-order valence-corrected chi connectivity index (χ0v) is 8.16. The molecule has 0 heterocycles. The summed E-state index contributed by atoms with van der Waals surface area (Å²) in [7, 11) is 0. The molecule has 0 amide bonds. The molecule has 2 heteroatoms. The number of Topliss-reactive ketones (excluding diaryl/α,β-unsaturated/α-hetero) is 1. The zero-order valence-electron chi connectivity index (χ0n) is 8.16. The topological polar surface area (TPSA) is 37.3 Å². The van der Waals surface area contributed by atoms with E-state index in [0.717, 1.165) is 0 Å². The van der Waals surface area contributed by atoms with Crippen LogP contribution >= 0.6 is 0 Å². The third kappa shape index (κ3) is 1.89. The van der Waals surface area contributed by atoms with Crippen LogP contribution in [0, 0.1) is 12.8 Å². The Morgan fingerprint density at radius 2 is 2.00 bits per heavy atom. The van der Waals surface area contributed by atoms with Gasteiger partial charge < -0.3 is 5.11 Å². The van der Waals surface area contributed by atoms with Crippen LogP contribution in [-0.2, 0) is 0 Å². The number of rotatable bonds is 2. The first kappa shape index (κ1) is 9.78. The van der Waals surface area contributed by atoms with Crippen LogP contribution < -0.4 is 0 Å². The van der Waals surface area contributed by atoms with Crippen molar-refractivity contribution in [3.63, 3.8) is 0 Å². The Hall–Kier alpha value is -1.31. The van der Waals surface area contributed by atoms with Crippen molar-refractivity contribution in [1.29, 1.82) is 0 Å². The minimum Gasteiger partial charge on any atom is -0.508 e. The highest BCUT2D eigenvalue weighted by Gasteiger charge is 2.13. The number of carbonyl (C=O) groups excluding carboxylic acids is 1. The number of aromatic hydroxyl groups is 1. The fourth-order valence-corrected chi connectivity index (χ4v) is 1.20. The molecule has 0 unspecified atom stereocenters. The van der Waals surface area contributed by atoms with Crippen molar-refractivity contribution in [2.24, 2.45) is 5.92 Å². The smallest absolute Gasteiger partial charge is 0.165 e. The van der Waals surface area contributed by atoms with E-state index >= 15 is 0 Å². The second-order valence-electron chi connectivity index (χ2n) is 3.47. The third-order valence-electron chi connectivity index (χ3n) is 2.10. The molecule has 0 bridgehead atoms. The molecule has 2 nitrogen and oxygen atoms in total. The molecular formula is C11H14O2. The minimum absolute atomic E-state index is 0.0273. The molecule has 0 aliphatic rings. The van der Waals surface area contributed by atoms with Crippen molar-refractivity contribution >= 4 is 5.78 Å². The highest BCUT2D eigenvalue weighted by atomic mass is 16.3. The molecule has 0 aromatic heterocycles. The first-order valence-corrected chi connectivity index (χ1v) is 4.37. The Bertz CT molecular complexity index is 327. The molecule has 1 rings (SSSR count). The van der Waals surface area contributed by atoms with E-state index in [0.29, 0.717) is 11.1 Å². The van der Waals surface area contributed by atoms with Crippen LogP contribution in [0.5, 0.6) is 5.75 Å². The van der Waals surface area contributed by atoms with Crippen molar-refractivity contribution in [1.82, 2.24) is 0 Å². The molecule has 1 aromatic carbocycles. The van der Waals surface area contributed by atoms with Gasteiger partial charge in [0.05, 0.1) is 0 Å². The van der Waals surface area contributed by atoms with Crippen LogP contribution in [0.25, 0.3) is 0 Å². The number of phenols is 1. The molecule has 13 heavy (non-hydrogen) atoms. The van der Waals surface area contributed by atoms with E-state index < -0.39 is 0 Å². The van der Waals surface area contributed by atoms with E-state index in [-0.39, 0.29) is 17.5 Å². The van der Waals surface area contributed by atoms with E-state index in [1.807, 2.05) is 13.8 Å². The van der Waals surface area contributed by atoms with Crippen molar-refractivity contribution in [3.8, 4) is 5.75 Å². The predicted molar refractivity (Wildman–Crippen MR) is 52.0 cm³/mol. The highest BCUT2D eigenvalue weighted by molar-refractivity contribution is 5.99. The minimum atomic E-state index is -0.0273. The van der Waals surface area contributed by atoms with Crippen molar-refractivity contribution < 1.29 is 9.90 Å². The number of ketones is 1. The largest absolute Gasteiger partial charge is 0.508 e. The lowest BCUT2D eigenvalue weighted by molar-refractivity contribution is 0.0938. The monoisotopic (exact) mass is 178 g/mol. The van der Waals surface area contributed by atoms with Gasteiger partial charge in [-0.1, -0.05) is 26.0 Å². The summed E-state index contributed by atoms with van der Waals surface area (Å²) < 4.78 is 0. The summed E-state index contributed by atoms with van der Waals surface area (Å²) in [5.41, 5.74) is 1.29. The summed E-state index contributed by atoms with van der Waals surface area (Å²) in [6.07, 6.45) is 0. The SMILES string of the molecule is Cc1c(O)cccc1C(=O)C(C)C. The first-order chi connectivity index (χ1) is 6.04. The fraction of sp³-hybridized carbons (Fsp3) is 0.364. The molecular weight excluding hydrogens is 164 g/mol. The van der Waals surface area contributed by atoms with Gasteiger partial charge in [0.1, 0.15) is 5.75 Å². The average Bonchev–Trinajstić information content (AvgIpc) is 2.08. The summed E-state index contributed by atoms with van der Waals surface area (Å²) in [4.78, 5) is 11.6. The highest BCUT2D eigenvalue weighted by Crippen LogP contribution is 2.21. The molecule has 0 fully saturated rings. The normalized spacial score (nSPS) is 10.5. The summed E-state index contributed by atoms with van der Waals surface area (Å²) in [6.45, 7) is 5.46. The van der Waals surface area contributed by atoms with Crippen LogP contribution in [0.4, 0.5) is 0 Å². The van der Waals surface area contributed by atoms with Gasteiger partial charge in [-0.05, 0) is 13.0 Å². The number of carbonyl (C=O) groups is 1. The van der Waals surface area contributed by atoms with Gasteiger partial charge in [-0.2, -0.15) is 0 Å². The summed E-state index contributed by atoms with van der Waals surface area (Å²) in [5.74, 6) is 0.236. The Kier molecular flexibility index (Phi) is 2.71. The van der Waals surface area contributed by atoms with Gasteiger partial charge in [-0.15, -0.1) is 0 Å². The summed E-state index contributed by atoms with van der Waals surface area (Å²) in [5, 5.41) is 9.38. The van der Waals surface area contributed by atoms with Gasteiger partial charge in [-0.25, -0.2) is 0 Å². The maximum absolute atomic E-state index is 11.6. The van der Waals surface area contributed by atoms with Crippen molar-refractivity contribution in [2.45, 2.75) is 20.8 Å². The molecule has 0 aliphatic heterocycles. The molecule has 0 spiro atoms. The number of benzene rings is 1. The lowest BCUT2D eigenvalue weighted by Gasteiger charge is -2.08. The average molecular weight is 178 g/mol. The molecule has 1 N–H and O–H groups in total. The molecule has 0 saturated carbocycles. The Labute approximate surface area is 78.2 Å². The Morgan fingerprint density at radius 1 is 1.38 bits per heavy atom. The van der Waals surface area contributed by atoms with E-state index in [9.17, 15) is 9.90 Å². The molecule has 0 atom stereocenters. The van der Waals surface area contributed by atoms with Gasteiger partial charge in [0, 0.05) is 17.0 Å². The van der Waals surface area contributed by atoms with Crippen LogP contribution in [-0.4, -0.2) is 10.9 Å². The molecule has 0 saturated heterocycles. The third-order valence-corrected chi connectivity index (χ3v) is 2.10. The van der Waals surface area contributed by atoms with E-state index in [4.69, 9.17) is 0 Å². The lowest BCUT2D eigenvalue weighted by Crippen LogP contribution is -2.08. The maximum Gasteiger partial charge on any atom is 0.165 e. The van der Waals surface area contributed by atoms with Crippen molar-refractivity contribution in [3.05, 3.63) is 29.3 Å². The van der Waals surface area contributed by atoms with Crippen LogP contribution in [0.2, 0.25) is 0 Å². The predicted octanol–water partition coefficient (Wildman–Crippen LogP) is 2.54. The first-order valence-electron chi connectivity index (χ1n) is 4.37. The molecule has 1 aromatic rings. The van der Waals surface area contributed by atoms with Crippen LogP contribution in [0.1, 0.15) is 29.8 Å². The van der Waals surface area contributed by atoms with Gasteiger partial charge in [0.25, 0.3) is 0 Å². The lowest BCUT2D eigenvalue weighted by atomic mass is 9.97. The van der Waals surface area contributed by atoms with Crippen LogP contribution in [0.3, 0.4) is 0 Å². The summed E-state index contributed by atoms with van der Waals surface area (Å²) in [6, 6.07) is 5.03. The molecule has 0 radical (unpaired) electrons. The van der Waals surface area contributed by atoms with Gasteiger partial charge >= 0.3 is 0 Å². The van der Waals surface area contributed by atoms with Gasteiger partial charge in [0.15, 0.2) is 5.78 Å². The van der Waals surface area contributed by atoms with Gasteiger partial charge in [-0.3, -0.25) is 4.79 Å². The number of hydrogen-bond donors (Lipinski definition) is 1. The second-order valence-corrected chi connectivity index (χ2v) is 3.47. The standard InChI is InChI=1S/C11H14O2/c1-7(2)11(13)9-5-4-6-10(12)8(9)3/h4-7,12H,1-3H3. The second kappa shape index (κ2) is 3.60. The Morgan fingerprint density at radius 3 is 2.54 bits per heavy atom. The van der Waals surface area contributed by atoms with Crippen molar-refractivity contribution in [2.75, 3.05) is 0 Å². The van der Waals surface area contributed by atoms with E-state index in [1.54, 1.807) is 25.1 Å². The Balaban J connectivity index is 3.15. The molecule has 0 aliphatic carbocycles. The molecule has 70 valence electrons. The zero-order chi connectivity index (χ0) is 10.0. The quantitative estimate of drug-likeness (QED) is 0.706. The summed E-state index contributed by atoms with van der Waals surface area (Å²) >= 11 is 0. The van der Waals surface area contributed by atoms with E-state index in [1.165, 1.54) is 0 Å². The fourth-order valence-electron chi connectivity index (χ4n) is 1.20. The van der Waals surface area contributed by atoms with Crippen LogP contribution in [0.15, 0.2) is 18.2 Å². The number of phenolic OH excluding ortho intramolecular Hbond substituents is 1. The van der Waals surface area contributed by atoms with Gasteiger partial charge in [0.2, 0.25) is 0 Å². The number of hydrogen-bond acceptors (Lipinski definition) is 2. The van der Waals surface area contributed by atoms with E-state index in [2.05, 4.69) is 0 Å².